The second kappa shape index (κ2) is 5.05. The summed E-state index contributed by atoms with van der Waals surface area (Å²) in [7, 11) is 0. The molecule has 0 heterocycles. The van der Waals surface area contributed by atoms with Crippen LogP contribution in [-0.4, -0.2) is 5.11 Å². The van der Waals surface area contributed by atoms with Gasteiger partial charge in [0.15, 0.2) is 0 Å². The maximum Gasteiger partial charge on any atom is 0.132 e. The second-order valence-electron chi connectivity index (χ2n) is 4.51. The molecule has 2 aromatic carbocycles. The van der Waals surface area contributed by atoms with E-state index >= 15 is 0 Å². The van der Waals surface area contributed by atoms with Crippen LogP contribution in [0.3, 0.4) is 0 Å². The Hall–Kier alpha value is -1.81. The Morgan fingerprint density at radius 1 is 0.947 bits per heavy atom. The molecule has 0 aliphatic heterocycles. The fourth-order valence-corrected chi connectivity index (χ4v) is 2.08. The van der Waals surface area contributed by atoms with Gasteiger partial charge in [-0.1, -0.05) is 18.2 Å². The van der Waals surface area contributed by atoms with Gasteiger partial charge in [-0.2, -0.15) is 0 Å². The van der Waals surface area contributed by atoms with E-state index in [0.29, 0.717) is 11.1 Å². The number of aliphatic hydroxyl groups is 1. The van der Waals surface area contributed by atoms with Gasteiger partial charge in [-0.05, 0) is 42.7 Å². The lowest BCUT2D eigenvalue weighted by Gasteiger charge is -2.15. The molecule has 1 unspecified atom stereocenters. The summed E-state index contributed by atoms with van der Waals surface area (Å²) in [6.07, 6.45) is -1.46. The lowest BCUT2D eigenvalue weighted by Crippen LogP contribution is -2.07. The first-order chi connectivity index (χ1) is 8.91. The van der Waals surface area contributed by atoms with E-state index < -0.39 is 23.3 Å². The first kappa shape index (κ1) is 13.6. The van der Waals surface area contributed by atoms with Crippen molar-refractivity contribution in [1.82, 2.24) is 0 Å². The summed E-state index contributed by atoms with van der Waals surface area (Å²) in [4.78, 5) is 0. The largest absolute Gasteiger partial charge is 0.383 e. The molecule has 0 fully saturated rings. The SMILES string of the molecule is Cc1cc(C(O)c2c(F)cccc2F)cc(C)c1F. The molecule has 1 N–H and O–H groups in total. The van der Waals surface area contributed by atoms with Crippen LogP contribution in [0.1, 0.15) is 28.4 Å². The average molecular weight is 266 g/mol. The van der Waals surface area contributed by atoms with Crippen LogP contribution in [0.4, 0.5) is 13.2 Å². The number of hydrogen-bond acceptors (Lipinski definition) is 1. The number of aryl methyl sites for hydroxylation is 2. The first-order valence-electron chi connectivity index (χ1n) is 5.80. The monoisotopic (exact) mass is 266 g/mol. The quantitative estimate of drug-likeness (QED) is 0.876. The third-order valence-electron chi connectivity index (χ3n) is 3.05. The number of halogens is 3. The van der Waals surface area contributed by atoms with Crippen molar-refractivity contribution < 1.29 is 18.3 Å². The fourth-order valence-electron chi connectivity index (χ4n) is 2.08. The maximum atomic E-state index is 13.6. The predicted molar refractivity (Wildman–Crippen MR) is 66.3 cm³/mol. The molecule has 2 aromatic rings. The Kier molecular flexibility index (Phi) is 3.62. The van der Waals surface area contributed by atoms with Crippen molar-refractivity contribution in [3.8, 4) is 0 Å². The van der Waals surface area contributed by atoms with Crippen LogP contribution in [-0.2, 0) is 0 Å². The van der Waals surface area contributed by atoms with Gasteiger partial charge in [0.25, 0.3) is 0 Å². The Bertz CT molecular complexity index is 580. The minimum absolute atomic E-state index is 0.264. The van der Waals surface area contributed by atoms with Crippen molar-refractivity contribution in [2.24, 2.45) is 0 Å². The Balaban J connectivity index is 2.53. The van der Waals surface area contributed by atoms with Crippen LogP contribution in [0.25, 0.3) is 0 Å². The maximum absolute atomic E-state index is 13.6. The summed E-state index contributed by atoms with van der Waals surface area (Å²) in [6.45, 7) is 3.08. The third kappa shape index (κ3) is 2.49. The minimum atomic E-state index is -1.46. The standard InChI is InChI=1S/C15H13F3O/c1-8-6-10(7-9(2)14(8)18)15(19)13-11(16)4-3-5-12(13)17/h3-7,15,19H,1-2H3. The molecule has 1 nitrogen and oxygen atoms in total. The van der Waals surface area contributed by atoms with E-state index in [-0.39, 0.29) is 11.4 Å². The van der Waals surface area contributed by atoms with Crippen LogP contribution >= 0.6 is 0 Å². The zero-order valence-corrected chi connectivity index (χ0v) is 10.5. The first-order valence-corrected chi connectivity index (χ1v) is 5.80. The van der Waals surface area contributed by atoms with Gasteiger partial charge >= 0.3 is 0 Å². The lowest BCUT2D eigenvalue weighted by atomic mass is 9.97. The van der Waals surface area contributed by atoms with Gasteiger partial charge in [0.1, 0.15) is 23.6 Å². The summed E-state index contributed by atoms with van der Waals surface area (Å²) < 4.78 is 40.7. The Morgan fingerprint density at radius 3 is 1.89 bits per heavy atom. The molecule has 1 atom stereocenters. The molecule has 19 heavy (non-hydrogen) atoms. The van der Waals surface area contributed by atoms with Crippen LogP contribution in [0.5, 0.6) is 0 Å². The summed E-state index contributed by atoms with van der Waals surface area (Å²) in [5.41, 5.74) is 0.491. The summed E-state index contributed by atoms with van der Waals surface area (Å²) in [6, 6.07) is 6.15. The van der Waals surface area contributed by atoms with E-state index in [1.54, 1.807) is 0 Å². The Morgan fingerprint density at radius 2 is 1.42 bits per heavy atom. The third-order valence-corrected chi connectivity index (χ3v) is 3.05. The van der Waals surface area contributed by atoms with Gasteiger partial charge in [-0.25, -0.2) is 13.2 Å². The van der Waals surface area contributed by atoms with Gasteiger partial charge in [0.05, 0.1) is 5.56 Å². The number of rotatable bonds is 2. The van der Waals surface area contributed by atoms with E-state index in [1.165, 1.54) is 32.0 Å². The molecule has 0 aromatic heterocycles. The molecule has 0 bridgehead atoms. The van der Waals surface area contributed by atoms with Crippen molar-refractivity contribution in [1.29, 1.82) is 0 Å². The van der Waals surface area contributed by atoms with Crippen LogP contribution in [0.2, 0.25) is 0 Å². The molecule has 0 spiro atoms. The van der Waals surface area contributed by atoms with Crippen LogP contribution in [0.15, 0.2) is 30.3 Å². The molecule has 0 aliphatic carbocycles. The zero-order chi connectivity index (χ0) is 14.2. The highest BCUT2D eigenvalue weighted by Gasteiger charge is 2.20. The summed E-state index contributed by atoms with van der Waals surface area (Å²) >= 11 is 0. The molecule has 0 aliphatic rings. The zero-order valence-electron chi connectivity index (χ0n) is 10.5. The number of hydrogen-bond donors (Lipinski definition) is 1. The molecule has 4 heteroatoms. The molecular formula is C15H13F3O. The summed E-state index contributed by atoms with van der Waals surface area (Å²) in [5.74, 6) is -2.04. The van der Waals surface area contributed by atoms with Crippen molar-refractivity contribution in [2.75, 3.05) is 0 Å². The highest BCUT2D eigenvalue weighted by Crippen LogP contribution is 2.28. The van der Waals surface area contributed by atoms with Gasteiger partial charge in [0, 0.05) is 0 Å². The number of aliphatic hydroxyl groups excluding tert-OH is 1. The molecule has 100 valence electrons. The van der Waals surface area contributed by atoms with Crippen molar-refractivity contribution in [3.63, 3.8) is 0 Å². The highest BCUT2D eigenvalue weighted by molar-refractivity contribution is 5.37. The second-order valence-corrected chi connectivity index (χ2v) is 4.51. The highest BCUT2D eigenvalue weighted by atomic mass is 19.1. The molecule has 0 amide bonds. The molecule has 0 saturated heterocycles. The van der Waals surface area contributed by atoms with E-state index in [4.69, 9.17) is 0 Å². The topological polar surface area (TPSA) is 20.2 Å². The van der Waals surface area contributed by atoms with Crippen LogP contribution in [0, 0.1) is 31.3 Å². The van der Waals surface area contributed by atoms with Gasteiger partial charge in [-0.3, -0.25) is 0 Å². The molecule has 0 radical (unpaired) electrons. The van der Waals surface area contributed by atoms with E-state index in [1.807, 2.05) is 0 Å². The fraction of sp³-hybridized carbons (Fsp3) is 0.200. The predicted octanol–water partition coefficient (Wildman–Crippen LogP) is 3.80. The summed E-state index contributed by atoms with van der Waals surface area (Å²) in [5, 5.41) is 10.1. The van der Waals surface area contributed by atoms with Crippen molar-refractivity contribution in [3.05, 3.63) is 70.0 Å². The molecular weight excluding hydrogens is 253 g/mol. The minimum Gasteiger partial charge on any atom is -0.383 e. The molecule has 0 saturated carbocycles. The average Bonchev–Trinajstić information content (AvgIpc) is 2.35. The number of benzene rings is 2. The molecule has 2 rings (SSSR count). The van der Waals surface area contributed by atoms with Crippen molar-refractivity contribution >= 4 is 0 Å². The Labute approximate surface area is 109 Å². The van der Waals surface area contributed by atoms with E-state index in [0.717, 1.165) is 12.1 Å². The van der Waals surface area contributed by atoms with Gasteiger partial charge in [-0.15, -0.1) is 0 Å². The lowest BCUT2D eigenvalue weighted by molar-refractivity contribution is 0.208. The van der Waals surface area contributed by atoms with E-state index in [2.05, 4.69) is 0 Å². The van der Waals surface area contributed by atoms with E-state index in [9.17, 15) is 18.3 Å². The smallest absolute Gasteiger partial charge is 0.132 e. The van der Waals surface area contributed by atoms with Crippen molar-refractivity contribution in [2.45, 2.75) is 20.0 Å². The van der Waals surface area contributed by atoms with Gasteiger partial charge in [0.2, 0.25) is 0 Å². The van der Waals surface area contributed by atoms with Gasteiger partial charge < -0.3 is 5.11 Å². The normalized spacial score (nSPS) is 12.5. The van der Waals surface area contributed by atoms with Crippen LogP contribution < -0.4 is 0 Å².